The molecule has 0 saturated heterocycles. The molecule has 0 amide bonds. The summed E-state index contributed by atoms with van der Waals surface area (Å²) in [5.74, 6) is 1.59. The highest BCUT2D eigenvalue weighted by Gasteiger charge is 2.14. The van der Waals surface area contributed by atoms with Crippen LogP contribution in [0.1, 0.15) is 19.4 Å². The van der Waals surface area contributed by atoms with Gasteiger partial charge in [-0.1, -0.05) is 38.1 Å². The van der Waals surface area contributed by atoms with Crippen molar-refractivity contribution in [2.75, 3.05) is 31.7 Å². The summed E-state index contributed by atoms with van der Waals surface area (Å²) >= 11 is 0. The van der Waals surface area contributed by atoms with Gasteiger partial charge in [-0.3, -0.25) is 0 Å². The Balaban J connectivity index is 2.46. The molecule has 4 nitrogen and oxygen atoms in total. The number of nitrogens with two attached hydrogens (primary N) is 1. The molecule has 114 valence electrons. The van der Waals surface area contributed by atoms with Crippen molar-refractivity contribution in [3.63, 3.8) is 0 Å². The number of ether oxygens (including phenoxy) is 1. The fourth-order valence-corrected chi connectivity index (χ4v) is 2.58. The maximum absolute atomic E-state index is 5.83. The van der Waals surface area contributed by atoms with E-state index in [0.29, 0.717) is 19.1 Å². The quantitative estimate of drug-likeness (QED) is 0.851. The SMILES string of the molecule is COCCN(CC(C)C)c1ncc(CN)c2ccccc12. The number of hydrogen-bond acceptors (Lipinski definition) is 4. The fourth-order valence-electron chi connectivity index (χ4n) is 2.58. The molecule has 0 atom stereocenters. The van der Waals surface area contributed by atoms with Crippen molar-refractivity contribution in [1.29, 1.82) is 0 Å². The number of hydrogen-bond donors (Lipinski definition) is 1. The molecule has 1 heterocycles. The van der Waals surface area contributed by atoms with Gasteiger partial charge in [-0.05, 0) is 16.9 Å². The van der Waals surface area contributed by atoms with Gasteiger partial charge in [0.05, 0.1) is 6.61 Å². The van der Waals surface area contributed by atoms with Crippen LogP contribution in [0, 0.1) is 5.92 Å². The van der Waals surface area contributed by atoms with Crippen molar-refractivity contribution in [2.45, 2.75) is 20.4 Å². The van der Waals surface area contributed by atoms with Crippen molar-refractivity contribution in [1.82, 2.24) is 4.98 Å². The van der Waals surface area contributed by atoms with Gasteiger partial charge in [0.25, 0.3) is 0 Å². The van der Waals surface area contributed by atoms with Crippen molar-refractivity contribution in [3.8, 4) is 0 Å². The summed E-state index contributed by atoms with van der Waals surface area (Å²) in [7, 11) is 1.73. The van der Waals surface area contributed by atoms with Gasteiger partial charge in [-0.25, -0.2) is 4.98 Å². The van der Waals surface area contributed by atoms with E-state index in [4.69, 9.17) is 10.5 Å². The van der Waals surface area contributed by atoms with Crippen molar-refractivity contribution < 1.29 is 4.74 Å². The number of benzene rings is 1. The predicted molar refractivity (Wildman–Crippen MR) is 88.6 cm³/mol. The molecule has 0 aliphatic carbocycles. The zero-order valence-electron chi connectivity index (χ0n) is 13.2. The first-order valence-corrected chi connectivity index (χ1v) is 7.48. The van der Waals surface area contributed by atoms with E-state index >= 15 is 0 Å². The number of rotatable bonds is 7. The largest absolute Gasteiger partial charge is 0.383 e. The zero-order chi connectivity index (χ0) is 15.2. The number of fused-ring (bicyclic) bond motifs is 1. The summed E-state index contributed by atoms with van der Waals surface area (Å²) in [4.78, 5) is 6.98. The summed E-state index contributed by atoms with van der Waals surface area (Å²) in [6.07, 6.45) is 1.90. The second-order valence-corrected chi connectivity index (χ2v) is 5.69. The lowest BCUT2D eigenvalue weighted by Gasteiger charge is -2.27. The third-order valence-corrected chi connectivity index (χ3v) is 3.53. The van der Waals surface area contributed by atoms with E-state index in [1.54, 1.807) is 7.11 Å². The third-order valence-electron chi connectivity index (χ3n) is 3.53. The lowest BCUT2D eigenvalue weighted by Crippen LogP contribution is -2.32. The molecule has 0 fully saturated rings. The van der Waals surface area contributed by atoms with Gasteiger partial charge in [0.1, 0.15) is 5.82 Å². The minimum absolute atomic E-state index is 0.510. The molecule has 4 heteroatoms. The molecule has 21 heavy (non-hydrogen) atoms. The van der Waals surface area contributed by atoms with E-state index in [9.17, 15) is 0 Å². The topological polar surface area (TPSA) is 51.4 Å². The van der Waals surface area contributed by atoms with Crippen LogP contribution in [0.2, 0.25) is 0 Å². The summed E-state index contributed by atoms with van der Waals surface area (Å²) < 4.78 is 5.24. The molecule has 1 aromatic heterocycles. The molecule has 0 radical (unpaired) electrons. The molecule has 0 bridgehead atoms. The van der Waals surface area contributed by atoms with Gasteiger partial charge < -0.3 is 15.4 Å². The monoisotopic (exact) mass is 287 g/mol. The molecule has 0 aliphatic rings. The Kier molecular flexibility index (Phi) is 5.53. The number of pyridine rings is 1. The smallest absolute Gasteiger partial charge is 0.136 e. The van der Waals surface area contributed by atoms with Crippen LogP contribution >= 0.6 is 0 Å². The van der Waals surface area contributed by atoms with Crippen LogP contribution in [-0.2, 0) is 11.3 Å². The fraction of sp³-hybridized carbons (Fsp3) is 0.471. The Morgan fingerprint density at radius 3 is 2.57 bits per heavy atom. The van der Waals surface area contributed by atoms with Gasteiger partial charge in [-0.2, -0.15) is 0 Å². The molecule has 2 rings (SSSR count). The molecule has 0 aliphatic heterocycles. The molecule has 2 aromatic rings. The van der Waals surface area contributed by atoms with E-state index in [0.717, 1.165) is 29.9 Å². The standard InChI is InChI=1S/C17H25N3O/c1-13(2)12-20(8-9-21-3)17-16-7-5-4-6-15(16)14(10-18)11-19-17/h4-7,11,13H,8-10,12,18H2,1-3H3. The minimum Gasteiger partial charge on any atom is -0.383 e. The number of methoxy groups -OCH3 is 1. The Morgan fingerprint density at radius 1 is 1.24 bits per heavy atom. The zero-order valence-corrected chi connectivity index (χ0v) is 13.2. The maximum Gasteiger partial charge on any atom is 0.136 e. The second kappa shape index (κ2) is 7.38. The van der Waals surface area contributed by atoms with Crippen LogP contribution in [0.5, 0.6) is 0 Å². The molecule has 2 N–H and O–H groups in total. The molecule has 0 spiro atoms. The number of nitrogens with zero attached hydrogens (tertiary/aromatic N) is 2. The summed E-state index contributed by atoms with van der Waals surface area (Å²) in [6, 6.07) is 8.34. The Labute approximate surface area is 126 Å². The van der Waals surface area contributed by atoms with Crippen LogP contribution in [0.4, 0.5) is 5.82 Å². The highest BCUT2D eigenvalue weighted by molar-refractivity contribution is 5.94. The first-order valence-electron chi connectivity index (χ1n) is 7.48. The highest BCUT2D eigenvalue weighted by Crippen LogP contribution is 2.27. The van der Waals surface area contributed by atoms with Crippen molar-refractivity contribution in [2.24, 2.45) is 11.7 Å². The van der Waals surface area contributed by atoms with Gasteiger partial charge >= 0.3 is 0 Å². The first kappa shape index (κ1) is 15.7. The normalized spacial score (nSPS) is 11.3. The first-order chi connectivity index (χ1) is 10.2. The average Bonchev–Trinajstić information content (AvgIpc) is 2.50. The van der Waals surface area contributed by atoms with E-state index in [1.807, 2.05) is 12.3 Å². The van der Waals surface area contributed by atoms with E-state index in [-0.39, 0.29) is 0 Å². The van der Waals surface area contributed by atoms with Gasteiger partial charge in [0.2, 0.25) is 0 Å². The average molecular weight is 287 g/mol. The van der Waals surface area contributed by atoms with Crippen LogP contribution < -0.4 is 10.6 Å². The Morgan fingerprint density at radius 2 is 1.95 bits per heavy atom. The minimum atomic E-state index is 0.510. The third kappa shape index (κ3) is 3.71. The molecular weight excluding hydrogens is 262 g/mol. The van der Waals surface area contributed by atoms with Crippen LogP contribution in [0.25, 0.3) is 10.8 Å². The van der Waals surface area contributed by atoms with E-state index in [2.05, 4.69) is 41.9 Å². The predicted octanol–water partition coefficient (Wildman–Crippen LogP) is 2.80. The maximum atomic E-state index is 5.83. The lowest BCUT2D eigenvalue weighted by atomic mass is 10.1. The second-order valence-electron chi connectivity index (χ2n) is 5.69. The molecule has 0 unspecified atom stereocenters. The highest BCUT2D eigenvalue weighted by atomic mass is 16.5. The molecule has 0 saturated carbocycles. The molecular formula is C17H25N3O. The number of anilines is 1. The number of aromatic nitrogens is 1. The van der Waals surface area contributed by atoms with Crippen molar-refractivity contribution in [3.05, 3.63) is 36.0 Å². The van der Waals surface area contributed by atoms with Crippen LogP contribution in [-0.4, -0.2) is 31.8 Å². The van der Waals surface area contributed by atoms with Crippen molar-refractivity contribution >= 4 is 16.6 Å². The van der Waals surface area contributed by atoms with Crippen LogP contribution in [0.3, 0.4) is 0 Å². The summed E-state index contributed by atoms with van der Waals surface area (Å²) in [5, 5.41) is 2.35. The Hall–Kier alpha value is -1.65. The summed E-state index contributed by atoms with van der Waals surface area (Å²) in [6.45, 7) is 7.44. The Bertz CT molecular complexity index is 583. The van der Waals surface area contributed by atoms with Gasteiger partial charge in [-0.15, -0.1) is 0 Å². The lowest BCUT2D eigenvalue weighted by molar-refractivity contribution is 0.204. The van der Waals surface area contributed by atoms with Gasteiger partial charge in [0, 0.05) is 38.3 Å². The summed E-state index contributed by atoms with van der Waals surface area (Å²) in [5.41, 5.74) is 6.92. The van der Waals surface area contributed by atoms with E-state index < -0.39 is 0 Å². The van der Waals surface area contributed by atoms with E-state index in [1.165, 1.54) is 5.39 Å². The van der Waals surface area contributed by atoms with Crippen LogP contribution in [0.15, 0.2) is 30.5 Å². The van der Waals surface area contributed by atoms with Gasteiger partial charge in [0.15, 0.2) is 0 Å². The molecule has 1 aromatic carbocycles.